The second-order valence-corrected chi connectivity index (χ2v) is 6.24. The van der Waals surface area contributed by atoms with Gasteiger partial charge in [-0.15, -0.1) is 0 Å². The van der Waals surface area contributed by atoms with Crippen LogP contribution in [0, 0.1) is 0 Å². The van der Waals surface area contributed by atoms with Crippen LogP contribution in [-0.2, 0) is 20.3 Å². The summed E-state index contributed by atoms with van der Waals surface area (Å²) in [5.74, 6) is -1.10. The minimum absolute atomic E-state index is 0.0203. The highest BCUT2D eigenvalue weighted by atomic mass is 35.7. The van der Waals surface area contributed by atoms with Crippen molar-refractivity contribution in [2.45, 2.75) is 6.42 Å². The number of rotatable bonds is 4. The van der Waals surface area contributed by atoms with E-state index in [9.17, 15) is 13.2 Å². The van der Waals surface area contributed by atoms with Crippen LogP contribution in [0.4, 0.5) is 0 Å². The zero-order chi connectivity index (χ0) is 11.5. The first-order valence-electron chi connectivity index (χ1n) is 4.05. The number of hydrogen-bond donors (Lipinski definition) is 0. The van der Waals surface area contributed by atoms with Crippen LogP contribution in [-0.4, -0.2) is 20.0 Å². The highest BCUT2D eigenvalue weighted by Crippen LogP contribution is 2.11. The molecule has 15 heavy (non-hydrogen) atoms. The lowest BCUT2D eigenvalue weighted by Crippen LogP contribution is -2.13. The van der Waals surface area contributed by atoms with Crippen LogP contribution < -0.4 is 0 Å². The Labute approximate surface area is 97.4 Å². The van der Waals surface area contributed by atoms with Crippen molar-refractivity contribution in [1.29, 1.82) is 0 Å². The van der Waals surface area contributed by atoms with E-state index in [0.717, 1.165) is 0 Å². The third-order valence-corrected chi connectivity index (χ3v) is 2.85. The molecule has 0 amide bonds. The molecule has 0 aliphatic carbocycles. The van der Waals surface area contributed by atoms with Crippen molar-refractivity contribution in [1.82, 2.24) is 0 Å². The molecule has 1 aromatic carbocycles. The maximum atomic E-state index is 11.2. The van der Waals surface area contributed by atoms with Gasteiger partial charge >= 0.3 is 0 Å². The first-order valence-corrected chi connectivity index (χ1v) is 6.91. The van der Waals surface area contributed by atoms with Crippen LogP contribution in [0.25, 0.3) is 0 Å². The first kappa shape index (κ1) is 12.5. The number of carbonyl (C=O) groups is 1. The molecule has 82 valence electrons. The van der Waals surface area contributed by atoms with Crippen LogP contribution in [0.1, 0.15) is 5.56 Å². The first-order chi connectivity index (χ1) is 6.87. The Bertz CT molecular complexity index is 468. The van der Waals surface area contributed by atoms with Crippen LogP contribution in [0.15, 0.2) is 24.3 Å². The highest BCUT2D eigenvalue weighted by molar-refractivity contribution is 8.14. The summed E-state index contributed by atoms with van der Waals surface area (Å²) in [6.07, 6.45) is 0.0203. The van der Waals surface area contributed by atoms with E-state index in [2.05, 4.69) is 0 Å². The van der Waals surface area contributed by atoms with E-state index in [-0.39, 0.29) is 6.42 Å². The fourth-order valence-corrected chi connectivity index (χ4v) is 2.18. The summed E-state index contributed by atoms with van der Waals surface area (Å²) >= 11 is 5.71. The SMILES string of the molecule is O=C(Cc1cccc(Cl)c1)CS(=O)(=O)Cl. The Kier molecular flexibility index (Phi) is 4.13. The molecule has 0 aliphatic heterocycles. The normalized spacial score (nSPS) is 11.3. The Balaban J connectivity index is 2.67. The molecular formula is C9H8Cl2O3S. The molecule has 0 N–H and O–H groups in total. The van der Waals surface area contributed by atoms with Gasteiger partial charge in [0.25, 0.3) is 0 Å². The average Bonchev–Trinajstić information content (AvgIpc) is 1.99. The maximum Gasteiger partial charge on any atom is 0.239 e. The molecule has 1 rings (SSSR count). The van der Waals surface area contributed by atoms with Crippen molar-refractivity contribution in [3.63, 3.8) is 0 Å². The van der Waals surface area contributed by atoms with Crippen molar-refractivity contribution >= 4 is 37.1 Å². The van der Waals surface area contributed by atoms with E-state index in [1.165, 1.54) is 0 Å². The zero-order valence-electron chi connectivity index (χ0n) is 7.61. The number of benzene rings is 1. The molecular weight excluding hydrogens is 259 g/mol. The Morgan fingerprint density at radius 2 is 2.00 bits per heavy atom. The van der Waals surface area contributed by atoms with Crippen molar-refractivity contribution in [2.24, 2.45) is 0 Å². The molecule has 0 fully saturated rings. The van der Waals surface area contributed by atoms with Gasteiger partial charge in [-0.25, -0.2) is 8.42 Å². The molecule has 6 heteroatoms. The van der Waals surface area contributed by atoms with Crippen LogP contribution in [0.5, 0.6) is 0 Å². The maximum absolute atomic E-state index is 11.2. The monoisotopic (exact) mass is 266 g/mol. The third-order valence-electron chi connectivity index (χ3n) is 1.62. The van der Waals surface area contributed by atoms with Gasteiger partial charge in [-0.3, -0.25) is 4.79 Å². The van der Waals surface area contributed by atoms with Crippen molar-refractivity contribution < 1.29 is 13.2 Å². The van der Waals surface area contributed by atoms with Crippen molar-refractivity contribution in [3.8, 4) is 0 Å². The fraction of sp³-hybridized carbons (Fsp3) is 0.222. The van der Waals surface area contributed by atoms with E-state index >= 15 is 0 Å². The predicted octanol–water partition coefficient (Wildman–Crippen LogP) is 2.02. The van der Waals surface area contributed by atoms with Gasteiger partial charge in [-0.1, -0.05) is 23.7 Å². The fourth-order valence-electron chi connectivity index (χ4n) is 1.12. The average molecular weight is 267 g/mol. The molecule has 0 saturated heterocycles. The van der Waals surface area contributed by atoms with Gasteiger partial charge in [0.15, 0.2) is 5.78 Å². The summed E-state index contributed by atoms with van der Waals surface area (Å²) in [4.78, 5) is 11.2. The number of halogens is 2. The van der Waals surface area contributed by atoms with Gasteiger partial charge in [0.1, 0.15) is 5.75 Å². The van der Waals surface area contributed by atoms with Gasteiger partial charge < -0.3 is 0 Å². The predicted molar refractivity (Wildman–Crippen MR) is 59.8 cm³/mol. The Hall–Kier alpha value is -0.580. The molecule has 0 bridgehead atoms. The van der Waals surface area contributed by atoms with Gasteiger partial charge in [0.2, 0.25) is 9.05 Å². The molecule has 0 unspecified atom stereocenters. The largest absolute Gasteiger partial charge is 0.298 e. The van der Waals surface area contributed by atoms with E-state index in [1.807, 2.05) is 0 Å². The number of Topliss-reactive ketones (excluding diaryl/α,β-unsaturated/α-hetero) is 1. The molecule has 0 heterocycles. The quantitative estimate of drug-likeness (QED) is 0.784. The molecule has 0 radical (unpaired) electrons. The van der Waals surface area contributed by atoms with Crippen molar-refractivity contribution in [2.75, 3.05) is 5.75 Å². The summed E-state index contributed by atoms with van der Waals surface area (Å²) in [6, 6.07) is 6.68. The van der Waals surface area contributed by atoms with Gasteiger partial charge in [-0.2, -0.15) is 0 Å². The lowest BCUT2D eigenvalue weighted by Gasteiger charge is -1.99. The molecule has 0 spiro atoms. The third kappa shape index (κ3) is 5.16. The second kappa shape index (κ2) is 4.96. The van der Waals surface area contributed by atoms with E-state index < -0.39 is 20.6 Å². The summed E-state index contributed by atoms with van der Waals surface area (Å²) in [7, 11) is 1.19. The minimum atomic E-state index is -3.76. The summed E-state index contributed by atoms with van der Waals surface area (Å²) in [5.41, 5.74) is 0.674. The Morgan fingerprint density at radius 1 is 1.33 bits per heavy atom. The molecule has 1 aromatic rings. The second-order valence-electron chi connectivity index (χ2n) is 3.03. The van der Waals surface area contributed by atoms with Gasteiger partial charge in [-0.05, 0) is 17.7 Å². The van der Waals surface area contributed by atoms with Gasteiger partial charge in [0, 0.05) is 22.1 Å². The van der Waals surface area contributed by atoms with E-state index in [0.29, 0.717) is 10.6 Å². The standard InChI is InChI=1S/C9H8Cl2O3S/c10-8-3-1-2-7(4-8)5-9(12)6-15(11,13)14/h1-4H,5-6H2. The highest BCUT2D eigenvalue weighted by Gasteiger charge is 2.13. The molecule has 0 aromatic heterocycles. The number of hydrogen-bond acceptors (Lipinski definition) is 3. The van der Waals surface area contributed by atoms with Crippen molar-refractivity contribution in [3.05, 3.63) is 34.9 Å². The van der Waals surface area contributed by atoms with E-state index in [1.54, 1.807) is 24.3 Å². The van der Waals surface area contributed by atoms with Crippen LogP contribution in [0.2, 0.25) is 5.02 Å². The Morgan fingerprint density at radius 3 is 2.53 bits per heavy atom. The number of carbonyl (C=O) groups excluding carboxylic acids is 1. The lowest BCUT2D eigenvalue weighted by molar-refractivity contribution is -0.116. The van der Waals surface area contributed by atoms with Gasteiger partial charge in [0.05, 0.1) is 0 Å². The topological polar surface area (TPSA) is 51.2 Å². The summed E-state index contributed by atoms with van der Waals surface area (Å²) < 4.78 is 21.2. The smallest absolute Gasteiger partial charge is 0.239 e. The van der Waals surface area contributed by atoms with E-state index in [4.69, 9.17) is 22.3 Å². The summed E-state index contributed by atoms with van der Waals surface area (Å²) in [6.45, 7) is 0. The zero-order valence-corrected chi connectivity index (χ0v) is 9.94. The molecule has 0 aliphatic rings. The number of ketones is 1. The summed E-state index contributed by atoms with van der Waals surface area (Å²) in [5, 5.41) is 0.508. The van der Waals surface area contributed by atoms with Crippen LogP contribution >= 0.6 is 22.3 Å². The minimum Gasteiger partial charge on any atom is -0.298 e. The lowest BCUT2D eigenvalue weighted by atomic mass is 10.1. The molecule has 0 saturated carbocycles. The molecule has 3 nitrogen and oxygen atoms in total. The molecule has 0 atom stereocenters. The van der Waals surface area contributed by atoms with Crippen LogP contribution in [0.3, 0.4) is 0 Å².